The fraction of sp³-hybridized carbons (Fsp3) is 0.500. The van der Waals surface area contributed by atoms with Gasteiger partial charge in [0.15, 0.2) is 14.9 Å². The molecule has 1 aliphatic heterocycles. The lowest BCUT2D eigenvalue weighted by atomic mass is 10.4. The molecule has 20 heavy (non-hydrogen) atoms. The Hall–Kier alpha value is -1.23. The van der Waals surface area contributed by atoms with Crippen LogP contribution < -0.4 is 11.3 Å². The van der Waals surface area contributed by atoms with Gasteiger partial charge in [-0.2, -0.15) is 4.31 Å². The Labute approximate surface area is 117 Å². The number of nitrogen functional groups attached to an aromatic ring is 1. The number of nitrogens with one attached hydrogen (secondary N) is 1. The van der Waals surface area contributed by atoms with Gasteiger partial charge in [-0.15, -0.1) is 0 Å². The van der Waals surface area contributed by atoms with E-state index in [0.717, 1.165) is 4.31 Å². The van der Waals surface area contributed by atoms with Crippen LogP contribution in [0.25, 0.3) is 0 Å². The maximum absolute atomic E-state index is 12.5. The van der Waals surface area contributed by atoms with Crippen LogP contribution in [0, 0.1) is 0 Å². The van der Waals surface area contributed by atoms with Crippen LogP contribution in [0.5, 0.6) is 0 Å². The molecule has 112 valence electrons. The van der Waals surface area contributed by atoms with Crippen molar-refractivity contribution in [3.63, 3.8) is 0 Å². The van der Waals surface area contributed by atoms with Gasteiger partial charge < -0.3 is 5.43 Å². The Balaban J connectivity index is 2.35. The van der Waals surface area contributed by atoms with E-state index in [4.69, 9.17) is 5.84 Å². The molecule has 0 amide bonds. The van der Waals surface area contributed by atoms with Gasteiger partial charge in [-0.1, -0.05) is 0 Å². The number of sulfonamides is 1. The van der Waals surface area contributed by atoms with Crippen molar-refractivity contribution in [2.45, 2.75) is 11.4 Å². The minimum absolute atomic E-state index is 0.00321. The van der Waals surface area contributed by atoms with Crippen molar-refractivity contribution < 1.29 is 16.8 Å². The van der Waals surface area contributed by atoms with Gasteiger partial charge in [0, 0.05) is 19.3 Å². The molecule has 0 bridgehead atoms. The van der Waals surface area contributed by atoms with Crippen molar-refractivity contribution in [1.29, 1.82) is 0 Å². The van der Waals surface area contributed by atoms with E-state index in [1.807, 2.05) is 0 Å². The SMILES string of the molecule is NNc1cccnc1S(=O)(=O)N1CCCS(=O)(=O)CC1. The third-order valence-corrected chi connectivity index (χ3v) is 6.60. The highest BCUT2D eigenvalue weighted by Crippen LogP contribution is 2.22. The number of nitrogens with two attached hydrogens (primary N) is 1. The molecule has 0 unspecified atom stereocenters. The second-order valence-corrected chi connectivity index (χ2v) is 8.57. The quantitative estimate of drug-likeness (QED) is 0.551. The Kier molecular flexibility index (Phi) is 4.28. The Bertz CT molecular complexity index is 687. The van der Waals surface area contributed by atoms with Gasteiger partial charge in [0.05, 0.1) is 17.2 Å². The normalized spacial score (nSPS) is 20.2. The molecule has 3 N–H and O–H groups in total. The van der Waals surface area contributed by atoms with Crippen LogP contribution >= 0.6 is 0 Å². The molecule has 2 rings (SSSR count). The molecule has 1 fully saturated rings. The van der Waals surface area contributed by atoms with E-state index in [0.29, 0.717) is 0 Å². The van der Waals surface area contributed by atoms with Crippen molar-refractivity contribution in [2.24, 2.45) is 5.84 Å². The largest absolute Gasteiger partial charge is 0.321 e. The molecule has 0 atom stereocenters. The third-order valence-electron chi connectivity index (χ3n) is 3.03. The molecule has 8 nitrogen and oxygen atoms in total. The van der Waals surface area contributed by atoms with E-state index in [2.05, 4.69) is 10.4 Å². The molecule has 2 heterocycles. The first kappa shape index (κ1) is 15.2. The summed E-state index contributed by atoms with van der Waals surface area (Å²) in [6.07, 6.45) is 1.63. The molecular formula is C10H16N4O4S2. The highest BCUT2D eigenvalue weighted by molar-refractivity contribution is 7.91. The van der Waals surface area contributed by atoms with Gasteiger partial charge in [-0.05, 0) is 18.6 Å². The number of hydrogen-bond donors (Lipinski definition) is 2. The van der Waals surface area contributed by atoms with Crippen LogP contribution in [0.4, 0.5) is 5.69 Å². The molecule has 0 spiro atoms. The zero-order valence-corrected chi connectivity index (χ0v) is 12.3. The number of sulfone groups is 1. The van der Waals surface area contributed by atoms with Crippen molar-refractivity contribution in [3.05, 3.63) is 18.3 Å². The topological polar surface area (TPSA) is 122 Å². The standard InChI is InChI=1S/C10H16N4O4S2/c11-13-9-3-1-4-12-10(9)20(17,18)14-5-2-7-19(15,16)8-6-14/h1,3-4,13H,2,5-8,11H2. The van der Waals surface area contributed by atoms with Gasteiger partial charge >= 0.3 is 0 Å². The molecule has 0 saturated carbocycles. The molecule has 1 aliphatic rings. The molecule has 10 heteroatoms. The number of anilines is 1. The van der Waals surface area contributed by atoms with Gasteiger partial charge in [0.2, 0.25) is 0 Å². The average molecular weight is 320 g/mol. The number of rotatable bonds is 3. The van der Waals surface area contributed by atoms with Crippen LogP contribution in [0.3, 0.4) is 0 Å². The lowest BCUT2D eigenvalue weighted by Gasteiger charge is -2.20. The summed E-state index contributed by atoms with van der Waals surface area (Å²) in [5.74, 6) is 5.11. The maximum atomic E-state index is 12.5. The Morgan fingerprint density at radius 1 is 1.30 bits per heavy atom. The van der Waals surface area contributed by atoms with E-state index >= 15 is 0 Å². The fourth-order valence-corrected chi connectivity index (χ4v) is 4.92. The summed E-state index contributed by atoms with van der Waals surface area (Å²) in [5.41, 5.74) is 2.47. The zero-order chi connectivity index (χ0) is 14.8. The summed E-state index contributed by atoms with van der Waals surface area (Å²) in [5, 5.41) is -0.193. The predicted molar refractivity (Wildman–Crippen MR) is 74.1 cm³/mol. The van der Waals surface area contributed by atoms with Crippen molar-refractivity contribution >= 4 is 25.5 Å². The lowest BCUT2D eigenvalue weighted by molar-refractivity contribution is 0.432. The number of hydrogen-bond acceptors (Lipinski definition) is 7. The number of hydrazine groups is 1. The van der Waals surface area contributed by atoms with E-state index in [9.17, 15) is 16.8 Å². The number of pyridine rings is 1. The average Bonchev–Trinajstić information content (AvgIpc) is 2.60. The van der Waals surface area contributed by atoms with Crippen molar-refractivity contribution in [3.8, 4) is 0 Å². The van der Waals surface area contributed by atoms with Gasteiger partial charge in [0.25, 0.3) is 10.0 Å². The second kappa shape index (κ2) is 5.64. The van der Waals surface area contributed by atoms with Crippen LogP contribution in [0.2, 0.25) is 0 Å². The molecule has 1 aromatic heterocycles. The van der Waals surface area contributed by atoms with Gasteiger partial charge in [-0.3, -0.25) is 5.84 Å². The van der Waals surface area contributed by atoms with E-state index in [-0.39, 0.29) is 41.7 Å². The number of aromatic nitrogens is 1. The first-order valence-electron chi connectivity index (χ1n) is 5.99. The minimum atomic E-state index is -3.86. The second-order valence-electron chi connectivity index (χ2n) is 4.41. The number of nitrogens with zero attached hydrogens (tertiary/aromatic N) is 2. The third kappa shape index (κ3) is 3.08. The molecule has 0 aromatic carbocycles. The van der Waals surface area contributed by atoms with Crippen molar-refractivity contribution in [2.75, 3.05) is 30.0 Å². The first-order valence-corrected chi connectivity index (χ1v) is 9.25. The van der Waals surface area contributed by atoms with Gasteiger partial charge in [0.1, 0.15) is 0 Å². The van der Waals surface area contributed by atoms with E-state index < -0.39 is 19.9 Å². The zero-order valence-electron chi connectivity index (χ0n) is 10.7. The molecule has 1 saturated heterocycles. The smallest absolute Gasteiger partial charge is 0.262 e. The summed E-state index contributed by atoms with van der Waals surface area (Å²) in [6.45, 7) is 0.0907. The highest BCUT2D eigenvalue weighted by Gasteiger charge is 2.31. The highest BCUT2D eigenvalue weighted by atomic mass is 32.2. The minimum Gasteiger partial charge on any atom is -0.321 e. The monoisotopic (exact) mass is 320 g/mol. The van der Waals surface area contributed by atoms with Crippen LogP contribution in [0.15, 0.2) is 23.4 Å². The summed E-state index contributed by atoms with van der Waals surface area (Å²) in [6, 6.07) is 3.05. The van der Waals surface area contributed by atoms with Crippen LogP contribution in [-0.2, 0) is 19.9 Å². The Morgan fingerprint density at radius 2 is 2.05 bits per heavy atom. The maximum Gasteiger partial charge on any atom is 0.262 e. The van der Waals surface area contributed by atoms with E-state index in [1.54, 1.807) is 6.07 Å². The fourth-order valence-electron chi connectivity index (χ4n) is 1.98. The Morgan fingerprint density at radius 3 is 2.75 bits per heavy atom. The predicted octanol–water partition coefficient (Wildman–Crippen LogP) is -0.824. The molecule has 0 radical (unpaired) electrons. The summed E-state index contributed by atoms with van der Waals surface area (Å²) < 4.78 is 49.2. The van der Waals surface area contributed by atoms with Crippen LogP contribution in [-0.4, -0.2) is 50.7 Å². The van der Waals surface area contributed by atoms with E-state index in [1.165, 1.54) is 12.3 Å². The van der Waals surface area contributed by atoms with Crippen LogP contribution in [0.1, 0.15) is 6.42 Å². The lowest BCUT2D eigenvalue weighted by Crippen LogP contribution is -2.34. The molecule has 0 aliphatic carbocycles. The first-order chi connectivity index (χ1) is 9.37. The summed E-state index contributed by atoms with van der Waals surface area (Å²) >= 11 is 0. The summed E-state index contributed by atoms with van der Waals surface area (Å²) in [7, 11) is -7.04. The molecular weight excluding hydrogens is 304 g/mol. The van der Waals surface area contributed by atoms with Crippen molar-refractivity contribution in [1.82, 2.24) is 9.29 Å². The summed E-state index contributed by atoms with van der Waals surface area (Å²) in [4.78, 5) is 3.84. The van der Waals surface area contributed by atoms with Gasteiger partial charge in [-0.25, -0.2) is 21.8 Å². The molecule has 1 aromatic rings.